The molecule has 94 valence electrons. The molecule has 1 amide bonds. The number of nitrogens with one attached hydrogen (secondary N) is 1. The van der Waals surface area contributed by atoms with Crippen molar-refractivity contribution in [3.05, 3.63) is 20.8 Å². The van der Waals surface area contributed by atoms with E-state index >= 15 is 0 Å². The number of amides is 1. The second kappa shape index (κ2) is 6.25. The number of thiophene rings is 1. The lowest BCUT2D eigenvalue weighted by Gasteiger charge is -2.12. The molecule has 1 N–H and O–H groups in total. The molecule has 2 unspecified atom stereocenters. The van der Waals surface area contributed by atoms with Crippen molar-refractivity contribution in [1.82, 2.24) is 5.32 Å². The van der Waals surface area contributed by atoms with Crippen LogP contribution < -0.4 is 5.32 Å². The molecule has 1 heterocycles. The highest BCUT2D eigenvalue weighted by Crippen LogP contribution is 2.30. The van der Waals surface area contributed by atoms with Gasteiger partial charge in [-0.3, -0.25) is 4.79 Å². The van der Waals surface area contributed by atoms with Gasteiger partial charge in [0.1, 0.15) is 0 Å². The van der Waals surface area contributed by atoms with Crippen LogP contribution >= 0.6 is 39.0 Å². The summed E-state index contributed by atoms with van der Waals surface area (Å²) < 4.78 is 1.01. The molecule has 0 spiro atoms. The average Bonchev–Trinajstić information content (AvgIpc) is 2.88. The van der Waals surface area contributed by atoms with Gasteiger partial charge in [-0.05, 0) is 47.0 Å². The zero-order valence-corrected chi connectivity index (χ0v) is 13.0. The predicted molar refractivity (Wildman–Crippen MR) is 79.0 cm³/mol. The topological polar surface area (TPSA) is 29.1 Å². The van der Waals surface area contributed by atoms with Crippen molar-refractivity contribution >= 4 is 44.9 Å². The Bertz CT molecular complexity index is 394. The zero-order valence-electron chi connectivity index (χ0n) is 9.74. The quantitative estimate of drug-likeness (QED) is 0.904. The Labute approximate surface area is 119 Å². The molecule has 1 aliphatic rings. The maximum Gasteiger partial charge on any atom is 0.252 e. The van der Waals surface area contributed by atoms with Crippen LogP contribution in [0, 0.1) is 0 Å². The molecule has 1 fully saturated rings. The molecule has 2 rings (SSSR count). The molecule has 0 bridgehead atoms. The molecule has 5 heteroatoms. The van der Waals surface area contributed by atoms with Gasteiger partial charge in [-0.25, -0.2) is 0 Å². The van der Waals surface area contributed by atoms with Crippen molar-refractivity contribution in [1.29, 1.82) is 0 Å². The van der Waals surface area contributed by atoms with E-state index in [-0.39, 0.29) is 5.91 Å². The summed E-state index contributed by atoms with van der Waals surface area (Å²) in [5, 5.41) is 5.76. The van der Waals surface area contributed by atoms with Crippen LogP contribution in [0.15, 0.2) is 15.2 Å². The van der Waals surface area contributed by atoms with Crippen molar-refractivity contribution in [3.63, 3.8) is 0 Å². The normalized spacial score (nSPS) is 23.9. The summed E-state index contributed by atoms with van der Waals surface area (Å²) in [6.45, 7) is 2.19. The van der Waals surface area contributed by atoms with E-state index < -0.39 is 0 Å². The van der Waals surface area contributed by atoms with E-state index in [0.717, 1.165) is 27.4 Å². The molecular formula is C12H16BrNOS2. The van der Waals surface area contributed by atoms with E-state index in [0.29, 0.717) is 6.04 Å². The summed E-state index contributed by atoms with van der Waals surface area (Å²) >= 11 is 6.94. The number of halogens is 1. The first kappa shape index (κ1) is 13.4. The zero-order chi connectivity index (χ0) is 12.3. The number of thioether (sulfide) groups is 1. The van der Waals surface area contributed by atoms with E-state index in [9.17, 15) is 4.79 Å². The highest BCUT2D eigenvalue weighted by atomic mass is 79.9. The lowest BCUT2D eigenvalue weighted by molar-refractivity contribution is 0.0938. The molecule has 1 aliphatic carbocycles. The SMILES string of the molecule is CCSC1CCC(NC(=O)c2csc(Br)c2)C1. The van der Waals surface area contributed by atoms with Crippen molar-refractivity contribution in [2.45, 2.75) is 37.5 Å². The molecular weight excluding hydrogens is 318 g/mol. The monoisotopic (exact) mass is 333 g/mol. The third-order valence-corrected chi connectivity index (χ3v) is 5.69. The second-order valence-corrected chi connectivity index (χ2v) is 8.07. The van der Waals surface area contributed by atoms with Crippen molar-refractivity contribution in [2.75, 3.05) is 5.75 Å². The van der Waals surface area contributed by atoms with Gasteiger partial charge in [-0.2, -0.15) is 11.8 Å². The summed E-state index contributed by atoms with van der Waals surface area (Å²) in [5.41, 5.74) is 0.772. The van der Waals surface area contributed by atoms with Crippen molar-refractivity contribution in [2.24, 2.45) is 0 Å². The molecule has 2 nitrogen and oxygen atoms in total. The molecule has 0 saturated heterocycles. The van der Waals surface area contributed by atoms with E-state index in [2.05, 4.69) is 28.2 Å². The minimum Gasteiger partial charge on any atom is -0.349 e. The standard InChI is InChI=1S/C12H16BrNOS2/c1-2-16-10-4-3-9(6-10)14-12(15)8-5-11(13)17-7-8/h5,7,9-10H,2-4,6H2,1H3,(H,14,15). The number of hydrogen-bond donors (Lipinski definition) is 1. The minimum atomic E-state index is 0.0686. The molecule has 0 radical (unpaired) electrons. The van der Waals surface area contributed by atoms with E-state index in [1.165, 1.54) is 12.2 Å². The van der Waals surface area contributed by atoms with Crippen LogP contribution in [0.25, 0.3) is 0 Å². The molecule has 1 aromatic heterocycles. The Hall–Kier alpha value is -0.000000000000000111. The molecule has 0 aromatic carbocycles. The van der Waals surface area contributed by atoms with Gasteiger partial charge in [-0.1, -0.05) is 6.92 Å². The van der Waals surface area contributed by atoms with Gasteiger partial charge in [0.2, 0.25) is 0 Å². The van der Waals surface area contributed by atoms with Gasteiger partial charge in [-0.15, -0.1) is 11.3 Å². The van der Waals surface area contributed by atoms with Crippen molar-refractivity contribution < 1.29 is 4.79 Å². The van der Waals surface area contributed by atoms with Crippen LogP contribution in [0.1, 0.15) is 36.5 Å². The summed E-state index contributed by atoms with van der Waals surface area (Å²) in [4.78, 5) is 11.9. The Balaban J connectivity index is 1.84. The first-order valence-electron chi connectivity index (χ1n) is 5.85. The van der Waals surface area contributed by atoms with E-state index in [1.54, 1.807) is 11.3 Å². The Morgan fingerprint density at radius 3 is 3.12 bits per heavy atom. The fourth-order valence-corrected chi connectivity index (χ4v) is 4.44. The number of carbonyl (C=O) groups is 1. The Kier molecular flexibility index (Phi) is 4.94. The van der Waals surface area contributed by atoms with Crippen LogP contribution in [0.5, 0.6) is 0 Å². The van der Waals surface area contributed by atoms with Crippen LogP contribution in [-0.4, -0.2) is 23.0 Å². The fraction of sp³-hybridized carbons (Fsp3) is 0.583. The smallest absolute Gasteiger partial charge is 0.252 e. The highest BCUT2D eigenvalue weighted by Gasteiger charge is 2.26. The third kappa shape index (κ3) is 3.73. The number of hydrogen-bond acceptors (Lipinski definition) is 3. The summed E-state index contributed by atoms with van der Waals surface area (Å²) in [7, 11) is 0. The summed E-state index contributed by atoms with van der Waals surface area (Å²) in [6, 6.07) is 2.25. The van der Waals surface area contributed by atoms with Gasteiger partial charge in [0.15, 0.2) is 0 Å². The number of carbonyl (C=O) groups excluding carboxylic acids is 1. The average molecular weight is 334 g/mol. The number of rotatable bonds is 4. The van der Waals surface area contributed by atoms with Gasteiger partial charge in [0, 0.05) is 16.7 Å². The van der Waals surface area contributed by atoms with Crippen LogP contribution in [-0.2, 0) is 0 Å². The van der Waals surface area contributed by atoms with E-state index in [4.69, 9.17) is 0 Å². The lowest BCUT2D eigenvalue weighted by atomic mass is 10.2. The molecule has 17 heavy (non-hydrogen) atoms. The highest BCUT2D eigenvalue weighted by molar-refractivity contribution is 9.11. The van der Waals surface area contributed by atoms with Crippen LogP contribution in [0.4, 0.5) is 0 Å². The molecule has 1 aromatic rings. The van der Waals surface area contributed by atoms with Crippen LogP contribution in [0.2, 0.25) is 0 Å². The lowest BCUT2D eigenvalue weighted by Crippen LogP contribution is -2.32. The first-order chi connectivity index (χ1) is 8.19. The van der Waals surface area contributed by atoms with Gasteiger partial charge < -0.3 is 5.32 Å². The molecule has 1 saturated carbocycles. The largest absolute Gasteiger partial charge is 0.349 e. The third-order valence-electron chi connectivity index (χ3n) is 2.95. The van der Waals surface area contributed by atoms with Gasteiger partial charge >= 0.3 is 0 Å². The van der Waals surface area contributed by atoms with Gasteiger partial charge in [0.05, 0.1) is 9.35 Å². The predicted octanol–water partition coefficient (Wildman–Crippen LogP) is 3.91. The minimum absolute atomic E-state index is 0.0686. The van der Waals surface area contributed by atoms with E-state index in [1.807, 2.05) is 23.2 Å². The maximum absolute atomic E-state index is 11.9. The Morgan fingerprint density at radius 1 is 1.65 bits per heavy atom. The van der Waals surface area contributed by atoms with Gasteiger partial charge in [0.25, 0.3) is 5.91 Å². The van der Waals surface area contributed by atoms with Crippen LogP contribution in [0.3, 0.4) is 0 Å². The second-order valence-electron chi connectivity index (χ2n) is 4.20. The molecule has 2 atom stereocenters. The first-order valence-corrected chi connectivity index (χ1v) is 8.57. The maximum atomic E-state index is 11.9. The summed E-state index contributed by atoms with van der Waals surface area (Å²) in [5.74, 6) is 1.24. The Morgan fingerprint density at radius 2 is 2.47 bits per heavy atom. The summed E-state index contributed by atoms with van der Waals surface area (Å²) in [6.07, 6.45) is 3.47. The van der Waals surface area contributed by atoms with Crippen molar-refractivity contribution in [3.8, 4) is 0 Å². The molecule has 0 aliphatic heterocycles. The fourth-order valence-electron chi connectivity index (χ4n) is 2.16.